The first-order valence-corrected chi connectivity index (χ1v) is 13.1. The number of carbonyl (C=O) groups excluding carboxylic acids is 1. The summed E-state index contributed by atoms with van der Waals surface area (Å²) in [5, 5.41) is 14.5. The fourth-order valence-corrected chi connectivity index (χ4v) is 5.42. The van der Waals surface area contributed by atoms with E-state index in [9.17, 15) is 27.9 Å². The van der Waals surface area contributed by atoms with Crippen molar-refractivity contribution in [2.45, 2.75) is 38.5 Å². The van der Waals surface area contributed by atoms with Crippen molar-refractivity contribution in [1.82, 2.24) is 19.7 Å². The summed E-state index contributed by atoms with van der Waals surface area (Å²) < 4.78 is 54.9. The summed E-state index contributed by atoms with van der Waals surface area (Å²) in [6, 6.07) is 12.1. The highest BCUT2D eigenvalue weighted by molar-refractivity contribution is 5.89. The zero-order valence-corrected chi connectivity index (χ0v) is 22.1. The molecular weight excluding hydrogens is 557 g/mol. The summed E-state index contributed by atoms with van der Waals surface area (Å²) in [7, 11) is 0. The molecule has 1 atom stereocenters. The van der Waals surface area contributed by atoms with Gasteiger partial charge in [-0.15, -0.1) is 13.2 Å². The quantitative estimate of drug-likeness (QED) is 0.202. The topological polar surface area (TPSA) is 132 Å². The highest BCUT2D eigenvalue weighted by atomic mass is 19.4. The van der Waals surface area contributed by atoms with Crippen LogP contribution in [0.15, 0.2) is 59.3 Å². The summed E-state index contributed by atoms with van der Waals surface area (Å²) in [6.45, 7) is 2.10. The average molecular weight is 581 g/mol. The van der Waals surface area contributed by atoms with Gasteiger partial charge in [0.1, 0.15) is 5.75 Å². The van der Waals surface area contributed by atoms with Crippen LogP contribution >= 0.6 is 0 Å². The van der Waals surface area contributed by atoms with Crippen LogP contribution in [0.2, 0.25) is 0 Å². The number of ether oxygens (including phenoxy) is 2. The average Bonchev–Trinajstić information content (AvgIpc) is 3.72. The number of aryl methyl sites for hydroxylation is 1. The van der Waals surface area contributed by atoms with E-state index in [4.69, 9.17) is 9.26 Å². The molecule has 2 N–H and O–H groups in total. The van der Waals surface area contributed by atoms with Gasteiger partial charge in [0, 0.05) is 45.4 Å². The van der Waals surface area contributed by atoms with E-state index < -0.39 is 18.2 Å². The highest BCUT2D eigenvalue weighted by Crippen LogP contribution is 2.41. The number of aromatic amines is 1. The van der Waals surface area contributed by atoms with Gasteiger partial charge in [-0.3, -0.25) is 9.36 Å². The Morgan fingerprint density at radius 2 is 1.95 bits per heavy atom. The molecule has 0 saturated carbocycles. The number of hydrogen-bond donors (Lipinski definition) is 2. The molecule has 5 aromatic rings. The molecular formula is C29H23F3N4O6. The number of rotatable bonds is 7. The molecule has 0 spiro atoms. The number of carbonyl (C=O) groups is 2. The molecule has 0 fully saturated rings. The minimum Gasteiger partial charge on any atom is -0.466 e. The molecule has 0 amide bonds. The van der Waals surface area contributed by atoms with E-state index in [0.29, 0.717) is 18.6 Å². The molecule has 1 aliphatic rings. The van der Waals surface area contributed by atoms with Gasteiger partial charge in [0.15, 0.2) is 0 Å². The van der Waals surface area contributed by atoms with Gasteiger partial charge in [-0.05, 0) is 73.9 Å². The molecule has 3 aromatic heterocycles. The van der Waals surface area contributed by atoms with Gasteiger partial charge >= 0.3 is 18.4 Å². The van der Waals surface area contributed by atoms with Crippen molar-refractivity contribution in [3.8, 4) is 39.8 Å². The molecule has 0 saturated heterocycles. The molecule has 0 bridgehead atoms. The Kier molecular flexibility index (Phi) is 6.71. The second kappa shape index (κ2) is 10.4. The van der Waals surface area contributed by atoms with E-state index in [0.717, 1.165) is 51.7 Å². The van der Waals surface area contributed by atoms with E-state index in [1.807, 2.05) is 12.1 Å². The lowest BCUT2D eigenvalue weighted by molar-refractivity contribution is -0.274. The third-order valence-electron chi connectivity index (χ3n) is 7.13. The van der Waals surface area contributed by atoms with Crippen LogP contribution < -0.4 is 4.74 Å². The number of fused-ring (bicyclic) bond motifs is 3. The third-order valence-corrected chi connectivity index (χ3v) is 7.13. The number of nitrogens with zero attached hydrogens (tertiary/aromatic N) is 3. The number of nitrogens with one attached hydrogen (secondary N) is 1. The first kappa shape index (κ1) is 27.1. The molecule has 3 heterocycles. The smallest absolute Gasteiger partial charge is 0.466 e. The maximum absolute atomic E-state index is 13.1. The Hall–Kier alpha value is -5.07. The van der Waals surface area contributed by atoms with Crippen LogP contribution in [0.1, 0.15) is 36.9 Å². The summed E-state index contributed by atoms with van der Waals surface area (Å²) in [5.41, 5.74) is 4.00. The lowest BCUT2D eigenvalue weighted by atomic mass is 10.0. The van der Waals surface area contributed by atoms with E-state index in [-0.39, 0.29) is 40.4 Å². The van der Waals surface area contributed by atoms with Gasteiger partial charge in [-0.25, -0.2) is 4.79 Å². The Morgan fingerprint density at radius 1 is 1.14 bits per heavy atom. The molecule has 216 valence electrons. The lowest BCUT2D eigenvalue weighted by Gasteiger charge is -2.12. The molecule has 0 aliphatic heterocycles. The molecule has 42 heavy (non-hydrogen) atoms. The van der Waals surface area contributed by atoms with Crippen LogP contribution in [0.5, 0.6) is 5.75 Å². The summed E-state index contributed by atoms with van der Waals surface area (Å²) >= 11 is 0. The molecule has 0 radical (unpaired) electrons. The zero-order valence-electron chi connectivity index (χ0n) is 22.1. The predicted molar refractivity (Wildman–Crippen MR) is 143 cm³/mol. The third kappa shape index (κ3) is 5.20. The molecule has 1 unspecified atom stereocenters. The van der Waals surface area contributed by atoms with Crippen LogP contribution in [-0.4, -0.2) is 49.8 Å². The number of halogens is 3. The van der Waals surface area contributed by atoms with E-state index >= 15 is 0 Å². The minimum atomic E-state index is -4.98. The van der Waals surface area contributed by atoms with Crippen molar-refractivity contribution < 1.29 is 41.9 Å². The second-order valence-corrected chi connectivity index (χ2v) is 9.79. The van der Waals surface area contributed by atoms with Crippen molar-refractivity contribution in [1.29, 1.82) is 0 Å². The van der Waals surface area contributed by atoms with Gasteiger partial charge in [0.05, 0.1) is 18.7 Å². The second-order valence-electron chi connectivity index (χ2n) is 9.79. The van der Waals surface area contributed by atoms with Gasteiger partial charge in [-0.1, -0.05) is 5.16 Å². The predicted octanol–water partition coefficient (Wildman–Crippen LogP) is 6.76. The van der Waals surface area contributed by atoms with Gasteiger partial charge < -0.3 is 24.1 Å². The summed E-state index contributed by atoms with van der Waals surface area (Å²) in [6.07, 6.45) is -3.12. The highest BCUT2D eigenvalue weighted by Gasteiger charge is 2.32. The first-order valence-electron chi connectivity index (χ1n) is 13.1. The van der Waals surface area contributed by atoms with Crippen molar-refractivity contribution in [3.05, 3.63) is 66.0 Å². The fraction of sp³-hybridized carbons (Fsp3) is 0.241. The first-order chi connectivity index (χ1) is 20.1. The number of hydrogen-bond acceptors (Lipinski definition) is 7. The monoisotopic (exact) mass is 580 g/mol. The van der Waals surface area contributed by atoms with E-state index in [1.165, 1.54) is 24.4 Å². The Morgan fingerprint density at radius 3 is 2.71 bits per heavy atom. The normalized spacial score (nSPS) is 14.7. The van der Waals surface area contributed by atoms with Gasteiger partial charge in [0.2, 0.25) is 5.82 Å². The van der Waals surface area contributed by atoms with Crippen LogP contribution in [0, 0.1) is 0 Å². The number of aromatic nitrogens is 4. The maximum Gasteiger partial charge on any atom is 0.573 e. The largest absolute Gasteiger partial charge is 0.573 e. The molecule has 1 aliphatic carbocycles. The van der Waals surface area contributed by atoms with Crippen LogP contribution in [0.25, 0.3) is 45.0 Å². The van der Waals surface area contributed by atoms with Crippen molar-refractivity contribution >= 4 is 23.0 Å². The minimum absolute atomic E-state index is 0.0364. The summed E-state index contributed by atoms with van der Waals surface area (Å²) in [4.78, 5) is 31.5. The van der Waals surface area contributed by atoms with Crippen molar-refractivity contribution in [3.63, 3.8) is 0 Å². The molecule has 10 nitrogen and oxygen atoms in total. The molecule has 2 aromatic carbocycles. The number of benzene rings is 2. The maximum atomic E-state index is 13.1. The molecule has 6 rings (SSSR count). The zero-order chi connectivity index (χ0) is 29.6. The number of H-pyrrole nitrogens is 1. The number of alkyl halides is 3. The van der Waals surface area contributed by atoms with Crippen LogP contribution in [0.3, 0.4) is 0 Å². The molecule has 13 heteroatoms. The lowest BCUT2D eigenvalue weighted by Crippen LogP contribution is -2.17. The summed E-state index contributed by atoms with van der Waals surface area (Å²) in [5.74, 6) is -0.649. The van der Waals surface area contributed by atoms with Crippen molar-refractivity contribution in [2.75, 3.05) is 6.61 Å². The Labute approximate surface area is 235 Å². The van der Waals surface area contributed by atoms with Gasteiger partial charge in [-0.2, -0.15) is 4.98 Å². The Balaban J connectivity index is 1.34. The van der Waals surface area contributed by atoms with Crippen molar-refractivity contribution in [2.24, 2.45) is 0 Å². The van der Waals surface area contributed by atoms with Gasteiger partial charge in [0.25, 0.3) is 5.89 Å². The van der Waals surface area contributed by atoms with E-state index in [1.54, 1.807) is 13.0 Å². The number of esters is 1. The SMILES string of the molecule is CCOC(=O)CC1CCc2c1[nH]c1ccc(-c3noc(-c4cc(OC(F)(F)F)cc(-c5cccn5C(=O)O)c4)n3)cc21. The van der Waals surface area contributed by atoms with Crippen LogP contribution in [0.4, 0.5) is 18.0 Å². The van der Waals surface area contributed by atoms with Crippen LogP contribution in [-0.2, 0) is 16.0 Å². The fourth-order valence-electron chi connectivity index (χ4n) is 5.42. The standard InChI is InChI=1S/C29H23F3N4O6/c1-2-40-24(37)14-15-5-7-20-21-13-16(6-8-22(21)33-25(15)20)26-34-27(42-35-26)18-10-17(11-19(12-18)41-29(30,31)32)23-4-3-9-36(23)28(38)39/h3-4,6,8-13,15,33H,2,5,7,14H2,1H3,(H,38,39). The van der Waals surface area contributed by atoms with E-state index in [2.05, 4.69) is 19.9 Å². The Bertz CT molecular complexity index is 1820. The number of carboxylic acid groups (broad SMARTS) is 1.